The Kier molecular flexibility index (Phi) is 4.69. The van der Waals surface area contributed by atoms with E-state index in [2.05, 4.69) is 27.2 Å². The fraction of sp³-hybridized carbons (Fsp3) is 0.227. The zero-order valence-corrected chi connectivity index (χ0v) is 16.1. The number of fused-ring (bicyclic) bond motifs is 2. The number of para-hydroxylation sites is 1. The summed E-state index contributed by atoms with van der Waals surface area (Å²) >= 11 is 0. The van der Waals surface area contributed by atoms with Crippen molar-refractivity contribution < 1.29 is 9.53 Å². The van der Waals surface area contributed by atoms with Crippen molar-refractivity contribution in [2.75, 3.05) is 5.32 Å². The predicted octanol–water partition coefficient (Wildman–Crippen LogP) is 4.85. The molecule has 28 heavy (non-hydrogen) atoms. The maximum atomic E-state index is 12.7. The van der Waals surface area contributed by atoms with Gasteiger partial charge < -0.3 is 9.72 Å². The van der Waals surface area contributed by atoms with E-state index in [1.165, 1.54) is 0 Å². The first-order chi connectivity index (χ1) is 13.5. The molecule has 0 aliphatic heterocycles. The number of hydrogen-bond donors (Lipinski definition) is 2. The van der Waals surface area contributed by atoms with E-state index in [4.69, 9.17) is 4.74 Å². The molecule has 4 rings (SSSR count). The normalized spacial score (nSPS) is 12.2. The molecule has 2 aromatic heterocycles. The largest absolute Gasteiger partial charge is 0.491 e. The molecule has 6 heteroatoms. The molecular weight excluding hydrogens is 352 g/mol. The van der Waals surface area contributed by atoms with Gasteiger partial charge in [0, 0.05) is 11.6 Å². The van der Waals surface area contributed by atoms with Gasteiger partial charge >= 0.3 is 0 Å². The highest BCUT2D eigenvalue weighted by Crippen LogP contribution is 2.23. The van der Waals surface area contributed by atoms with Gasteiger partial charge in [-0.25, -0.2) is 4.98 Å². The summed E-state index contributed by atoms with van der Waals surface area (Å²) in [6, 6.07) is 13.4. The number of imidazole rings is 1. The number of benzene rings is 2. The van der Waals surface area contributed by atoms with Crippen molar-refractivity contribution in [3.8, 4) is 5.75 Å². The van der Waals surface area contributed by atoms with Gasteiger partial charge in [0.1, 0.15) is 11.4 Å². The smallest absolute Gasteiger partial charge is 0.276 e. The van der Waals surface area contributed by atoms with Gasteiger partial charge in [-0.3, -0.25) is 15.1 Å². The van der Waals surface area contributed by atoms with Gasteiger partial charge in [-0.05, 0) is 61.5 Å². The molecule has 0 fully saturated rings. The Morgan fingerprint density at radius 1 is 1.21 bits per heavy atom. The molecule has 142 valence electrons. The molecule has 1 atom stereocenters. The number of anilines is 1. The summed E-state index contributed by atoms with van der Waals surface area (Å²) < 4.78 is 5.88. The Morgan fingerprint density at radius 2 is 2.07 bits per heavy atom. The van der Waals surface area contributed by atoms with E-state index in [9.17, 15) is 4.79 Å². The summed E-state index contributed by atoms with van der Waals surface area (Å²) in [5.74, 6) is 0.879. The van der Waals surface area contributed by atoms with Gasteiger partial charge in [-0.1, -0.05) is 19.1 Å². The van der Waals surface area contributed by atoms with E-state index in [-0.39, 0.29) is 12.0 Å². The highest BCUT2D eigenvalue weighted by molar-refractivity contribution is 6.04. The van der Waals surface area contributed by atoms with E-state index in [1.54, 1.807) is 12.3 Å². The number of nitrogens with zero attached hydrogens (tertiary/aromatic N) is 2. The first kappa shape index (κ1) is 18.0. The molecular formula is C22H22N4O2. The summed E-state index contributed by atoms with van der Waals surface area (Å²) in [7, 11) is 0. The fourth-order valence-electron chi connectivity index (χ4n) is 3.04. The van der Waals surface area contributed by atoms with Crippen LogP contribution in [0.2, 0.25) is 0 Å². The maximum Gasteiger partial charge on any atom is 0.276 e. The molecule has 6 nitrogen and oxygen atoms in total. The van der Waals surface area contributed by atoms with E-state index >= 15 is 0 Å². The van der Waals surface area contributed by atoms with Crippen molar-refractivity contribution in [3.05, 3.63) is 59.9 Å². The minimum atomic E-state index is -0.313. The number of carbonyl (C=O) groups is 1. The fourth-order valence-corrected chi connectivity index (χ4v) is 3.04. The maximum absolute atomic E-state index is 12.7. The standard InChI is InChI=1S/C22H22N4O2/c1-4-14(3)28-17-9-8-15-12-23-19(11-16(15)10-17)21(27)26-22-24-18-7-5-6-13(2)20(18)25-22/h5-12,14H,4H2,1-3H3,(H2,24,25,26,27). The van der Waals surface area contributed by atoms with Crippen LogP contribution < -0.4 is 10.1 Å². The lowest BCUT2D eigenvalue weighted by Gasteiger charge is -2.13. The highest BCUT2D eigenvalue weighted by atomic mass is 16.5. The summed E-state index contributed by atoms with van der Waals surface area (Å²) in [6.07, 6.45) is 2.76. The Bertz CT molecular complexity index is 1170. The minimum Gasteiger partial charge on any atom is -0.491 e. The van der Waals surface area contributed by atoms with Crippen LogP contribution in [0.3, 0.4) is 0 Å². The van der Waals surface area contributed by atoms with Crippen LogP contribution in [0.15, 0.2) is 48.7 Å². The number of carbonyl (C=O) groups excluding carboxylic acids is 1. The second kappa shape index (κ2) is 7.31. The number of aryl methyl sites for hydroxylation is 1. The third-order valence-electron chi connectivity index (χ3n) is 4.78. The lowest BCUT2D eigenvalue weighted by molar-refractivity contribution is 0.102. The topological polar surface area (TPSA) is 79.9 Å². The molecule has 0 saturated carbocycles. The van der Waals surface area contributed by atoms with Crippen LogP contribution in [0.4, 0.5) is 5.95 Å². The van der Waals surface area contributed by atoms with Crippen LogP contribution in [0, 0.1) is 6.92 Å². The van der Waals surface area contributed by atoms with Gasteiger partial charge in [-0.2, -0.15) is 0 Å². The molecule has 2 N–H and O–H groups in total. The minimum absolute atomic E-state index is 0.138. The average molecular weight is 374 g/mol. The van der Waals surface area contributed by atoms with Crippen LogP contribution in [0.5, 0.6) is 5.75 Å². The third-order valence-corrected chi connectivity index (χ3v) is 4.78. The summed E-state index contributed by atoms with van der Waals surface area (Å²) in [4.78, 5) is 24.5. The van der Waals surface area contributed by atoms with E-state index < -0.39 is 0 Å². The second-order valence-corrected chi connectivity index (χ2v) is 6.93. The number of aromatic amines is 1. The molecule has 0 saturated heterocycles. The number of rotatable bonds is 5. The highest BCUT2D eigenvalue weighted by Gasteiger charge is 2.12. The van der Waals surface area contributed by atoms with Gasteiger partial charge in [0.2, 0.25) is 5.95 Å². The zero-order chi connectivity index (χ0) is 19.7. The lowest BCUT2D eigenvalue weighted by Crippen LogP contribution is -2.14. The van der Waals surface area contributed by atoms with Crippen molar-refractivity contribution in [2.24, 2.45) is 0 Å². The van der Waals surface area contributed by atoms with Crippen LogP contribution in [0.25, 0.3) is 21.8 Å². The van der Waals surface area contributed by atoms with Gasteiger partial charge in [-0.15, -0.1) is 0 Å². The summed E-state index contributed by atoms with van der Waals surface area (Å²) in [5, 5.41) is 4.65. The number of H-pyrrole nitrogens is 1. The molecule has 0 aliphatic rings. The van der Waals surface area contributed by atoms with Gasteiger partial charge in [0.05, 0.1) is 17.1 Å². The zero-order valence-electron chi connectivity index (χ0n) is 16.1. The number of ether oxygens (including phenoxy) is 1. The molecule has 1 unspecified atom stereocenters. The molecule has 0 spiro atoms. The first-order valence-corrected chi connectivity index (χ1v) is 9.36. The molecule has 4 aromatic rings. The van der Waals surface area contributed by atoms with Crippen molar-refractivity contribution >= 4 is 33.7 Å². The van der Waals surface area contributed by atoms with Crippen LogP contribution in [0.1, 0.15) is 36.3 Å². The van der Waals surface area contributed by atoms with Crippen molar-refractivity contribution in [2.45, 2.75) is 33.3 Å². The number of pyridine rings is 1. The van der Waals surface area contributed by atoms with Crippen molar-refractivity contribution in [1.82, 2.24) is 15.0 Å². The molecule has 2 heterocycles. The first-order valence-electron chi connectivity index (χ1n) is 9.36. The second-order valence-electron chi connectivity index (χ2n) is 6.93. The van der Waals surface area contributed by atoms with Crippen molar-refractivity contribution in [3.63, 3.8) is 0 Å². The Hall–Kier alpha value is -3.41. The van der Waals surface area contributed by atoms with Crippen LogP contribution >= 0.6 is 0 Å². The molecule has 0 bridgehead atoms. The monoisotopic (exact) mass is 374 g/mol. The Morgan fingerprint density at radius 3 is 2.86 bits per heavy atom. The van der Waals surface area contributed by atoms with Crippen molar-refractivity contribution in [1.29, 1.82) is 0 Å². The molecule has 1 amide bonds. The van der Waals surface area contributed by atoms with Gasteiger partial charge in [0.25, 0.3) is 5.91 Å². The molecule has 0 radical (unpaired) electrons. The summed E-state index contributed by atoms with van der Waals surface area (Å²) in [5.41, 5.74) is 3.10. The predicted molar refractivity (Wildman–Crippen MR) is 111 cm³/mol. The van der Waals surface area contributed by atoms with E-state index in [0.717, 1.165) is 39.5 Å². The Balaban J connectivity index is 1.59. The van der Waals surface area contributed by atoms with Gasteiger partial charge in [0.15, 0.2) is 0 Å². The Labute approximate surface area is 163 Å². The van der Waals surface area contributed by atoms with Crippen LogP contribution in [-0.2, 0) is 0 Å². The quantitative estimate of drug-likeness (QED) is 0.523. The average Bonchev–Trinajstić information content (AvgIpc) is 3.11. The number of nitrogens with one attached hydrogen (secondary N) is 2. The van der Waals surface area contributed by atoms with Crippen LogP contribution in [-0.4, -0.2) is 27.0 Å². The number of aromatic nitrogens is 3. The lowest BCUT2D eigenvalue weighted by atomic mass is 10.1. The molecule has 0 aliphatic carbocycles. The number of hydrogen-bond acceptors (Lipinski definition) is 4. The SMILES string of the molecule is CCC(C)Oc1ccc2cnc(C(=O)Nc3nc4c(C)cccc4[nH]3)cc2c1. The third kappa shape index (κ3) is 3.53. The molecule has 2 aromatic carbocycles. The van der Waals surface area contributed by atoms with E-state index in [0.29, 0.717) is 11.6 Å². The van der Waals surface area contributed by atoms with E-state index in [1.807, 2.05) is 50.2 Å². The summed E-state index contributed by atoms with van der Waals surface area (Å²) in [6.45, 7) is 6.10. The number of amides is 1.